The zero-order valence-electron chi connectivity index (χ0n) is 25.6. The molecular formula is C34H35BBrN5O4. The van der Waals surface area contributed by atoms with E-state index in [2.05, 4.69) is 20.8 Å². The molecule has 0 radical (unpaired) electrons. The molecule has 9 nitrogen and oxygen atoms in total. The van der Waals surface area contributed by atoms with E-state index in [-0.39, 0.29) is 23.7 Å². The number of ether oxygens (including phenoxy) is 1. The van der Waals surface area contributed by atoms with Gasteiger partial charge in [-0.2, -0.15) is 0 Å². The van der Waals surface area contributed by atoms with E-state index < -0.39 is 5.41 Å². The predicted molar refractivity (Wildman–Crippen MR) is 180 cm³/mol. The maximum absolute atomic E-state index is 14.1. The number of hydrogen-bond acceptors (Lipinski definition) is 5. The van der Waals surface area contributed by atoms with E-state index in [4.69, 9.17) is 4.74 Å². The summed E-state index contributed by atoms with van der Waals surface area (Å²) >= 11 is 3.55. The predicted octanol–water partition coefficient (Wildman–Crippen LogP) is 2.96. The highest BCUT2D eigenvalue weighted by molar-refractivity contribution is 9.10. The molecule has 2 aromatic heterocycles. The third-order valence-electron chi connectivity index (χ3n) is 9.10. The molecule has 0 aliphatic carbocycles. The van der Waals surface area contributed by atoms with Crippen LogP contribution in [0.3, 0.4) is 0 Å². The second kappa shape index (κ2) is 12.6. The van der Waals surface area contributed by atoms with Crippen LogP contribution in [0.1, 0.15) is 29.8 Å². The summed E-state index contributed by atoms with van der Waals surface area (Å²) in [4.78, 5) is 42.7. The fourth-order valence-corrected chi connectivity index (χ4v) is 6.98. The van der Waals surface area contributed by atoms with Gasteiger partial charge in [0.15, 0.2) is 0 Å². The molecule has 11 heteroatoms. The fourth-order valence-electron chi connectivity index (χ4n) is 6.43. The summed E-state index contributed by atoms with van der Waals surface area (Å²) in [5, 5.41) is 0. The van der Waals surface area contributed by atoms with E-state index in [1.165, 1.54) is 0 Å². The molecule has 0 N–H and O–H groups in total. The molecule has 0 spiro atoms. The second-order valence-corrected chi connectivity index (χ2v) is 12.4. The Hall–Kier alpha value is -4.35. The number of halogens is 1. The Morgan fingerprint density at radius 2 is 1.27 bits per heavy atom. The SMILES string of the molecule is Bc1c(COC(=O)C2(c3ccccc3)CCN(Cc3c(Br)c(=O)n(-c4ccccc4)n3C)CC2)n(C)n(-c2ccccc2)c1=O. The fraction of sp³-hybridized carbons (Fsp3) is 0.265. The smallest absolute Gasteiger partial charge is 0.317 e. The summed E-state index contributed by atoms with van der Waals surface area (Å²) in [7, 11) is 5.48. The number of esters is 1. The largest absolute Gasteiger partial charge is 0.459 e. The number of aromatic nitrogens is 4. The maximum Gasteiger partial charge on any atom is 0.317 e. The number of hydrogen-bond donors (Lipinski definition) is 0. The highest BCUT2D eigenvalue weighted by Gasteiger charge is 2.44. The van der Waals surface area contributed by atoms with Gasteiger partial charge >= 0.3 is 5.97 Å². The van der Waals surface area contributed by atoms with E-state index in [0.29, 0.717) is 48.1 Å². The van der Waals surface area contributed by atoms with Gasteiger partial charge in [-0.25, -0.2) is 9.36 Å². The summed E-state index contributed by atoms with van der Waals surface area (Å²) in [5.74, 6) is -0.295. The van der Waals surface area contributed by atoms with Crippen molar-refractivity contribution in [3.05, 3.63) is 133 Å². The number of benzene rings is 3. The summed E-state index contributed by atoms with van der Waals surface area (Å²) in [6.07, 6.45) is 1.12. The van der Waals surface area contributed by atoms with Gasteiger partial charge in [0.25, 0.3) is 11.1 Å². The summed E-state index contributed by atoms with van der Waals surface area (Å²) in [5.41, 5.74) is 3.49. The topological polar surface area (TPSA) is 83.4 Å². The molecule has 45 heavy (non-hydrogen) atoms. The first-order valence-electron chi connectivity index (χ1n) is 15.0. The Labute approximate surface area is 270 Å². The zero-order chi connectivity index (χ0) is 31.7. The average Bonchev–Trinajstić information content (AvgIpc) is 3.42. The lowest BCUT2D eigenvalue weighted by atomic mass is 9.72. The van der Waals surface area contributed by atoms with Crippen molar-refractivity contribution in [3.63, 3.8) is 0 Å². The minimum atomic E-state index is -0.828. The van der Waals surface area contributed by atoms with Crippen LogP contribution >= 0.6 is 15.9 Å². The van der Waals surface area contributed by atoms with Crippen molar-refractivity contribution in [2.45, 2.75) is 31.4 Å². The Balaban J connectivity index is 1.22. The summed E-state index contributed by atoms with van der Waals surface area (Å²) < 4.78 is 13.5. The van der Waals surface area contributed by atoms with E-state index in [0.717, 1.165) is 22.6 Å². The van der Waals surface area contributed by atoms with Crippen LogP contribution in [0.2, 0.25) is 0 Å². The molecule has 1 aliphatic rings. The molecule has 230 valence electrons. The molecule has 5 aromatic rings. The molecule has 0 amide bonds. The normalized spacial score (nSPS) is 14.8. The Kier molecular flexibility index (Phi) is 8.57. The van der Waals surface area contributed by atoms with Crippen LogP contribution in [0.15, 0.2) is 105 Å². The lowest BCUT2D eigenvalue weighted by Gasteiger charge is -2.40. The zero-order valence-corrected chi connectivity index (χ0v) is 27.2. The molecule has 6 rings (SSSR count). The maximum atomic E-state index is 14.1. The number of likely N-dealkylation sites (tertiary alicyclic amines) is 1. The van der Waals surface area contributed by atoms with Crippen molar-refractivity contribution in [2.24, 2.45) is 14.1 Å². The van der Waals surface area contributed by atoms with Crippen LogP contribution in [0.5, 0.6) is 0 Å². The number of rotatable bonds is 8. The van der Waals surface area contributed by atoms with Crippen LogP contribution in [0.25, 0.3) is 11.4 Å². The van der Waals surface area contributed by atoms with Crippen molar-refractivity contribution >= 4 is 35.2 Å². The molecular weight excluding hydrogens is 633 g/mol. The van der Waals surface area contributed by atoms with Gasteiger partial charge in [0.2, 0.25) is 0 Å². The Morgan fingerprint density at radius 1 is 0.778 bits per heavy atom. The van der Waals surface area contributed by atoms with Gasteiger partial charge in [0.05, 0.1) is 28.2 Å². The monoisotopic (exact) mass is 667 g/mol. The number of nitrogens with zero attached hydrogens (tertiary/aromatic N) is 5. The van der Waals surface area contributed by atoms with Crippen LogP contribution in [-0.2, 0) is 42.2 Å². The first-order valence-corrected chi connectivity index (χ1v) is 15.8. The van der Waals surface area contributed by atoms with Crippen LogP contribution in [-0.4, -0.2) is 50.5 Å². The number of carbonyl (C=O) groups excluding carboxylic acids is 1. The summed E-state index contributed by atoms with van der Waals surface area (Å²) in [6, 6.07) is 28.8. The highest BCUT2D eigenvalue weighted by atomic mass is 79.9. The molecule has 3 heterocycles. The highest BCUT2D eigenvalue weighted by Crippen LogP contribution is 2.38. The van der Waals surface area contributed by atoms with Gasteiger partial charge in [-0.15, -0.1) is 0 Å². The van der Waals surface area contributed by atoms with Crippen molar-refractivity contribution in [1.82, 2.24) is 23.6 Å². The lowest BCUT2D eigenvalue weighted by molar-refractivity contribution is -0.154. The molecule has 0 atom stereocenters. The lowest BCUT2D eigenvalue weighted by Crippen LogP contribution is -2.48. The van der Waals surface area contributed by atoms with Gasteiger partial charge < -0.3 is 4.74 Å². The van der Waals surface area contributed by atoms with E-state index in [9.17, 15) is 14.4 Å². The number of carbonyl (C=O) groups is 1. The second-order valence-electron chi connectivity index (χ2n) is 11.6. The van der Waals surface area contributed by atoms with Crippen molar-refractivity contribution < 1.29 is 9.53 Å². The first-order chi connectivity index (χ1) is 21.7. The van der Waals surface area contributed by atoms with Gasteiger partial charge in [0.1, 0.15) is 18.9 Å². The minimum Gasteiger partial charge on any atom is -0.459 e. The van der Waals surface area contributed by atoms with E-state index in [1.807, 2.05) is 110 Å². The van der Waals surface area contributed by atoms with Crippen molar-refractivity contribution in [1.29, 1.82) is 0 Å². The van der Waals surface area contributed by atoms with Gasteiger partial charge in [-0.1, -0.05) is 66.7 Å². The van der Waals surface area contributed by atoms with Gasteiger partial charge in [0, 0.05) is 26.1 Å². The Morgan fingerprint density at radius 3 is 1.82 bits per heavy atom. The number of para-hydroxylation sites is 2. The van der Waals surface area contributed by atoms with Crippen LogP contribution < -0.4 is 16.6 Å². The number of piperidine rings is 1. The first kappa shape index (κ1) is 30.7. The van der Waals surface area contributed by atoms with Gasteiger partial charge in [-0.05, 0) is 71.7 Å². The third-order valence-corrected chi connectivity index (χ3v) is 9.90. The molecule has 1 fully saturated rings. The summed E-state index contributed by atoms with van der Waals surface area (Å²) in [6.45, 7) is 1.84. The minimum absolute atomic E-state index is 0.00338. The molecule has 0 bridgehead atoms. The van der Waals surface area contributed by atoms with Gasteiger partial charge in [-0.3, -0.25) is 28.6 Å². The molecule has 1 aliphatic heterocycles. The molecule has 1 saturated heterocycles. The molecule has 0 unspecified atom stereocenters. The van der Waals surface area contributed by atoms with E-state index in [1.54, 1.807) is 21.9 Å². The van der Waals surface area contributed by atoms with Crippen LogP contribution in [0, 0.1) is 0 Å². The quantitative estimate of drug-likeness (QED) is 0.188. The molecule has 0 saturated carbocycles. The van der Waals surface area contributed by atoms with Crippen molar-refractivity contribution in [2.75, 3.05) is 13.1 Å². The van der Waals surface area contributed by atoms with Crippen LogP contribution in [0.4, 0.5) is 0 Å². The molecule has 3 aromatic carbocycles. The average molecular weight is 668 g/mol. The third kappa shape index (κ3) is 5.55. The Bertz CT molecular complexity index is 1940. The van der Waals surface area contributed by atoms with Crippen molar-refractivity contribution in [3.8, 4) is 11.4 Å². The standard InChI is InChI=1S/C34H35BBrN5O4/c1-37-27(30(36)32(43)41(37)26-16-10-5-11-17-26)22-39-20-18-34(19-21-39,24-12-6-3-7-13-24)33(44)45-23-28-29(35)31(42)40(38(28)2)25-14-8-4-9-15-25/h3-17H,18-23,35H2,1-2H3. The van der Waals surface area contributed by atoms with E-state index >= 15 is 0 Å².